The Balaban J connectivity index is 0.00000361. The van der Waals surface area contributed by atoms with Crippen LogP contribution in [0.25, 0.3) is 0 Å². The average molecular weight is 301 g/mol. The van der Waals surface area contributed by atoms with Gasteiger partial charge in [-0.25, -0.2) is 4.79 Å². The van der Waals surface area contributed by atoms with Gasteiger partial charge in [0.05, 0.1) is 6.54 Å². The molecule has 0 saturated carbocycles. The molecule has 7 heteroatoms. The second-order valence-electron chi connectivity index (χ2n) is 4.41. The second kappa shape index (κ2) is 9.17. The zero-order valence-electron chi connectivity index (χ0n) is 11.8. The number of carbonyl (C=O) groups is 2. The molecular formula is C13H21ClN4O2. The third kappa shape index (κ3) is 6.96. The van der Waals surface area contributed by atoms with E-state index in [1.807, 2.05) is 13.8 Å². The fraction of sp³-hybridized carbons (Fsp3) is 0.385. The Morgan fingerprint density at radius 3 is 2.00 bits per heavy atom. The van der Waals surface area contributed by atoms with E-state index in [-0.39, 0.29) is 36.9 Å². The predicted octanol–water partition coefficient (Wildman–Crippen LogP) is 1.80. The Kier molecular flexibility index (Phi) is 8.35. The Hall–Kier alpha value is -1.79. The van der Waals surface area contributed by atoms with Crippen molar-refractivity contribution >= 4 is 35.7 Å². The molecule has 1 aromatic carbocycles. The van der Waals surface area contributed by atoms with Crippen LogP contribution in [0.5, 0.6) is 0 Å². The summed E-state index contributed by atoms with van der Waals surface area (Å²) in [5, 5.41) is 10.9. The standard InChI is InChI=1S/C13H20N4O2.ClH/c1-9(2)15-13(19)17-11-6-4-10(5-7-11)16-12(18)8-14-3;/h4-7,9,14H,8H2,1-3H3,(H,16,18)(H2,15,17,19);1H. The van der Waals surface area contributed by atoms with Gasteiger partial charge in [0.25, 0.3) is 0 Å². The van der Waals surface area contributed by atoms with Gasteiger partial charge in [0, 0.05) is 17.4 Å². The van der Waals surface area contributed by atoms with Crippen LogP contribution in [0.1, 0.15) is 13.8 Å². The van der Waals surface area contributed by atoms with Crippen molar-refractivity contribution in [2.45, 2.75) is 19.9 Å². The molecule has 112 valence electrons. The van der Waals surface area contributed by atoms with Crippen LogP contribution in [-0.2, 0) is 4.79 Å². The summed E-state index contributed by atoms with van der Waals surface area (Å²) in [6.07, 6.45) is 0. The van der Waals surface area contributed by atoms with Crippen LogP contribution in [0.4, 0.5) is 16.2 Å². The van der Waals surface area contributed by atoms with Gasteiger partial charge in [0.1, 0.15) is 0 Å². The molecule has 0 aliphatic carbocycles. The Labute approximate surface area is 125 Å². The van der Waals surface area contributed by atoms with Crippen LogP contribution in [0, 0.1) is 0 Å². The van der Waals surface area contributed by atoms with Crippen LogP contribution < -0.4 is 21.3 Å². The number of rotatable bonds is 5. The van der Waals surface area contributed by atoms with Crippen LogP contribution in [0.2, 0.25) is 0 Å². The van der Waals surface area contributed by atoms with Crippen molar-refractivity contribution in [3.05, 3.63) is 24.3 Å². The first-order valence-corrected chi connectivity index (χ1v) is 6.13. The van der Waals surface area contributed by atoms with Crippen LogP contribution in [0.15, 0.2) is 24.3 Å². The molecule has 1 rings (SSSR count). The highest BCUT2D eigenvalue weighted by Crippen LogP contribution is 2.13. The average Bonchev–Trinajstić information content (AvgIpc) is 2.31. The maximum atomic E-state index is 11.5. The van der Waals surface area contributed by atoms with Crippen molar-refractivity contribution < 1.29 is 9.59 Å². The van der Waals surface area contributed by atoms with Crippen LogP contribution >= 0.6 is 12.4 Å². The highest BCUT2D eigenvalue weighted by Gasteiger charge is 2.04. The first-order chi connectivity index (χ1) is 9.01. The van der Waals surface area contributed by atoms with E-state index < -0.39 is 0 Å². The first kappa shape index (κ1) is 18.2. The largest absolute Gasteiger partial charge is 0.336 e. The van der Waals surface area contributed by atoms with Crippen LogP contribution in [0.3, 0.4) is 0 Å². The van der Waals surface area contributed by atoms with Gasteiger partial charge in [-0.1, -0.05) is 0 Å². The smallest absolute Gasteiger partial charge is 0.319 e. The number of likely N-dealkylation sites (N-methyl/N-ethyl adjacent to an activating group) is 1. The molecule has 0 aliphatic heterocycles. The van der Waals surface area contributed by atoms with Gasteiger partial charge in [-0.3, -0.25) is 4.79 Å². The van der Waals surface area contributed by atoms with Crippen molar-refractivity contribution in [3.8, 4) is 0 Å². The monoisotopic (exact) mass is 300 g/mol. The number of anilines is 2. The predicted molar refractivity (Wildman–Crippen MR) is 83.5 cm³/mol. The number of urea groups is 1. The van der Waals surface area contributed by atoms with Gasteiger partial charge in [-0.05, 0) is 45.2 Å². The number of benzene rings is 1. The van der Waals surface area contributed by atoms with Gasteiger partial charge in [-0.2, -0.15) is 0 Å². The van der Waals surface area contributed by atoms with Crippen molar-refractivity contribution in [1.29, 1.82) is 0 Å². The summed E-state index contributed by atoms with van der Waals surface area (Å²) in [5.41, 5.74) is 1.36. The van der Waals surface area contributed by atoms with E-state index in [4.69, 9.17) is 0 Å². The lowest BCUT2D eigenvalue weighted by Crippen LogP contribution is -2.34. The maximum Gasteiger partial charge on any atom is 0.319 e. The third-order valence-corrected chi connectivity index (χ3v) is 2.18. The normalized spacial score (nSPS) is 9.60. The molecule has 0 atom stereocenters. The summed E-state index contributed by atoms with van der Waals surface area (Å²) >= 11 is 0. The quantitative estimate of drug-likeness (QED) is 0.669. The molecule has 0 aromatic heterocycles. The zero-order valence-corrected chi connectivity index (χ0v) is 12.6. The van der Waals surface area contributed by atoms with Gasteiger partial charge in [0.15, 0.2) is 0 Å². The molecule has 4 N–H and O–H groups in total. The van der Waals surface area contributed by atoms with Gasteiger partial charge >= 0.3 is 6.03 Å². The Morgan fingerprint density at radius 1 is 1.05 bits per heavy atom. The summed E-state index contributed by atoms with van der Waals surface area (Å²) in [6, 6.07) is 6.77. The molecule has 0 unspecified atom stereocenters. The van der Waals surface area contributed by atoms with Gasteiger partial charge in [0.2, 0.25) is 5.91 Å². The van der Waals surface area contributed by atoms with Gasteiger partial charge < -0.3 is 21.3 Å². The molecule has 0 saturated heterocycles. The van der Waals surface area contributed by atoms with E-state index in [1.54, 1.807) is 31.3 Å². The van der Waals surface area contributed by atoms with E-state index in [0.29, 0.717) is 11.4 Å². The fourth-order valence-electron chi connectivity index (χ4n) is 1.43. The van der Waals surface area contributed by atoms with Gasteiger partial charge in [-0.15, -0.1) is 12.4 Å². The van der Waals surface area contributed by atoms with E-state index in [9.17, 15) is 9.59 Å². The van der Waals surface area contributed by atoms with Crippen molar-refractivity contribution in [3.63, 3.8) is 0 Å². The number of hydrogen-bond acceptors (Lipinski definition) is 3. The third-order valence-electron chi connectivity index (χ3n) is 2.18. The first-order valence-electron chi connectivity index (χ1n) is 6.13. The lowest BCUT2D eigenvalue weighted by molar-refractivity contribution is -0.115. The molecule has 1 aromatic rings. The SMILES string of the molecule is CNCC(=O)Nc1ccc(NC(=O)NC(C)C)cc1.Cl. The number of nitrogens with one attached hydrogen (secondary N) is 4. The number of hydrogen-bond donors (Lipinski definition) is 4. The van der Waals surface area contributed by atoms with Crippen molar-refractivity contribution in [2.24, 2.45) is 0 Å². The van der Waals surface area contributed by atoms with E-state index >= 15 is 0 Å². The second-order valence-corrected chi connectivity index (χ2v) is 4.41. The van der Waals surface area contributed by atoms with Crippen molar-refractivity contribution in [2.75, 3.05) is 24.2 Å². The van der Waals surface area contributed by atoms with Crippen LogP contribution in [-0.4, -0.2) is 31.6 Å². The molecule has 3 amide bonds. The van der Waals surface area contributed by atoms with E-state index in [2.05, 4.69) is 21.3 Å². The highest BCUT2D eigenvalue weighted by molar-refractivity contribution is 5.93. The lowest BCUT2D eigenvalue weighted by atomic mass is 10.2. The summed E-state index contributed by atoms with van der Waals surface area (Å²) in [6.45, 7) is 4.04. The van der Waals surface area contributed by atoms with E-state index in [1.165, 1.54) is 0 Å². The number of carbonyl (C=O) groups excluding carboxylic acids is 2. The lowest BCUT2D eigenvalue weighted by Gasteiger charge is -2.10. The fourth-order valence-corrected chi connectivity index (χ4v) is 1.43. The highest BCUT2D eigenvalue weighted by atomic mass is 35.5. The minimum atomic E-state index is -0.248. The molecule has 0 aliphatic rings. The zero-order chi connectivity index (χ0) is 14.3. The molecule has 0 spiro atoms. The molecule has 0 heterocycles. The number of halogens is 1. The minimum Gasteiger partial charge on any atom is -0.336 e. The molecule has 0 bridgehead atoms. The molecule has 0 radical (unpaired) electrons. The Bertz CT molecular complexity index is 435. The number of amides is 3. The molecule has 20 heavy (non-hydrogen) atoms. The molecule has 0 fully saturated rings. The summed E-state index contributed by atoms with van der Waals surface area (Å²) in [5.74, 6) is -0.110. The summed E-state index contributed by atoms with van der Waals surface area (Å²) < 4.78 is 0. The maximum absolute atomic E-state index is 11.5. The minimum absolute atomic E-state index is 0. The Morgan fingerprint density at radius 2 is 1.55 bits per heavy atom. The van der Waals surface area contributed by atoms with E-state index in [0.717, 1.165) is 0 Å². The summed E-state index contributed by atoms with van der Waals surface area (Å²) in [4.78, 5) is 22.8. The molecule has 6 nitrogen and oxygen atoms in total. The van der Waals surface area contributed by atoms with Crippen molar-refractivity contribution in [1.82, 2.24) is 10.6 Å². The molecular weight excluding hydrogens is 280 g/mol. The topological polar surface area (TPSA) is 82.3 Å². The summed E-state index contributed by atoms with van der Waals surface area (Å²) in [7, 11) is 1.71.